The van der Waals surface area contributed by atoms with Gasteiger partial charge in [-0.25, -0.2) is 0 Å². The lowest BCUT2D eigenvalue weighted by Crippen LogP contribution is -2.52. The number of nitrogens with zero attached hydrogens (tertiary/aromatic N) is 2. The molecule has 1 saturated heterocycles. The Kier molecular flexibility index (Phi) is 5.32. The van der Waals surface area contributed by atoms with E-state index in [1.807, 2.05) is 0 Å². The molecule has 1 aliphatic rings. The fourth-order valence-electron chi connectivity index (χ4n) is 1.91. The Morgan fingerprint density at radius 2 is 1.87 bits per heavy atom. The van der Waals surface area contributed by atoms with E-state index in [0.717, 1.165) is 43.8 Å². The molecular formula is C11H23N3S. The molecule has 0 aromatic carbocycles. The summed E-state index contributed by atoms with van der Waals surface area (Å²) in [7, 11) is 0. The lowest BCUT2D eigenvalue weighted by Gasteiger charge is -2.36. The van der Waals surface area contributed by atoms with Gasteiger partial charge in [0.2, 0.25) is 0 Å². The topological polar surface area (TPSA) is 18.5 Å². The van der Waals surface area contributed by atoms with Crippen molar-refractivity contribution in [3.63, 3.8) is 0 Å². The predicted molar refractivity (Wildman–Crippen MR) is 69.1 cm³/mol. The van der Waals surface area contributed by atoms with Crippen LogP contribution < -0.4 is 5.32 Å². The van der Waals surface area contributed by atoms with E-state index < -0.39 is 0 Å². The summed E-state index contributed by atoms with van der Waals surface area (Å²) in [6, 6.07) is 0. The standard InChI is InChI=1S/C11H23N3S/c1-4-12-11(15)14-7-5-13(6-8-14)9-10(2)3/h10H,4-9H2,1-3H3,(H,12,15). The first-order chi connectivity index (χ1) is 7.13. The molecule has 0 saturated carbocycles. The van der Waals surface area contributed by atoms with Gasteiger partial charge in [-0.05, 0) is 25.1 Å². The van der Waals surface area contributed by atoms with Gasteiger partial charge in [-0.1, -0.05) is 13.8 Å². The van der Waals surface area contributed by atoms with Gasteiger partial charge in [0.05, 0.1) is 0 Å². The first-order valence-corrected chi connectivity index (χ1v) is 6.29. The second-order valence-electron chi connectivity index (χ2n) is 4.52. The van der Waals surface area contributed by atoms with E-state index in [-0.39, 0.29) is 0 Å². The van der Waals surface area contributed by atoms with E-state index >= 15 is 0 Å². The van der Waals surface area contributed by atoms with Gasteiger partial charge >= 0.3 is 0 Å². The van der Waals surface area contributed by atoms with Crippen LogP contribution in [0.15, 0.2) is 0 Å². The fourth-order valence-corrected chi connectivity index (χ4v) is 2.24. The smallest absolute Gasteiger partial charge is 0.169 e. The van der Waals surface area contributed by atoms with Gasteiger partial charge in [-0.15, -0.1) is 0 Å². The summed E-state index contributed by atoms with van der Waals surface area (Å²) in [6.45, 7) is 13.2. The summed E-state index contributed by atoms with van der Waals surface area (Å²) in [5.74, 6) is 0.761. The fraction of sp³-hybridized carbons (Fsp3) is 0.909. The number of piperazine rings is 1. The normalized spacial score (nSPS) is 18.3. The lowest BCUT2D eigenvalue weighted by molar-refractivity contribution is 0.166. The highest BCUT2D eigenvalue weighted by Gasteiger charge is 2.18. The molecule has 0 atom stereocenters. The maximum Gasteiger partial charge on any atom is 0.169 e. The summed E-state index contributed by atoms with van der Waals surface area (Å²) in [5.41, 5.74) is 0. The molecule has 0 radical (unpaired) electrons. The second kappa shape index (κ2) is 6.28. The van der Waals surface area contributed by atoms with Crippen LogP contribution in [-0.2, 0) is 0 Å². The molecule has 0 aromatic heterocycles. The van der Waals surface area contributed by atoms with Crippen molar-refractivity contribution in [3.8, 4) is 0 Å². The second-order valence-corrected chi connectivity index (χ2v) is 4.90. The van der Waals surface area contributed by atoms with Crippen LogP contribution in [0.5, 0.6) is 0 Å². The summed E-state index contributed by atoms with van der Waals surface area (Å²) in [6.07, 6.45) is 0. The minimum Gasteiger partial charge on any atom is -0.363 e. The highest BCUT2D eigenvalue weighted by Crippen LogP contribution is 2.05. The molecule has 0 aliphatic carbocycles. The first kappa shape index (κ1) is 12.7. The molecule has 0 unspecified atom stereocenters. The number of thiocarbonyl (C=S) groups is 1. The van der Waals surface area contributed by atoms with Crippen LogP contribution in [0.2, 0.25) is 0 Å². The van der Waals surface area contributed by atoms with Gasteiger partial charge < -0.3 is 10.2 Å². The molecule has 4 heteroatoms. The van der Waals surface area contributed by atoms with Crippen molar-refractivity contribution in [2.24, 2.45) is 5.92 Å². The monoisotopic (exact) mass is 229 g/mol. The van der Waals surface area contributed by atoms with Crippen LogP contribution in [0.3, 0.4) is 0 Å². The zero-order chi connectivity index (χ0) is 11.3. The van der Waals surface area contributed by atoms with Crippen LogP contribution in [0.25, 0.3) is 0 Å². The van der Waals surface area contributed by atoms with Crippen molar-refractivity contribution in [1.29, 1.82) is 0 Å². The van der Waals surface area contributed by atoms with Crippen molar-refractivity contribution in [2.75, 3.05) is 39.3 Å². The summed E-state index contributed by atoms with van der Waals surface area (Å²) < 4.78 is 0. The Balaban J connectivity index is 2.26. The summed E-state index contributed by atoms with van der Waals surface area (Å²) in [5, 5.41) is 4.13. The highest BCUT2D eigenvalue weighted by molar-refractivity contribution is 7.80. The Bertz CT molecular complexity index is 198. The quantitative estimate of drug-likeness (QED) is 0.732. The number of nitrogens with one attached hydrogen (secondary N) is 1. The molecule has 1 aliphatic heterocycles. The van der Waals surface area contributed by atoms with Gasteiger partial charge in [0.25, 0.3) is 0 Å². The van der Waals surface area contributed by atoms with Crippen LogP contribution in [0.4, 0.5) is 0 Å². The maximum atomic E-state index is 5.30. The van der Waals surface area contributed by atoms with E-state index in [4.69, 9.17) is 12.2 Å². The van der Waals surface area contributed by atoms with E-state index in [2.05, 4.69) is 35.9 Å². The molecule has 0 spiro atoms. The van der Waals surface area contributed by atoms with E-state index in [9.17, 15) is 0 Å². The number of hydrogen-bond acceptors (Lipinski definition) is 2. The third kappa shape index (κ3) is 4.34. The molecule has 88 valence electrons. The SMILES string of the molecule is CCNC(=S)N1CCN(CC(C)C)CC1. The first-order valence-electron chi connectivity index (χ1n) is 5.88. The van der Waals surface area contributed by atoms with Crippen LogP contribution >= 0.6 is 12.2 Å². The third-order valence-corrected chi connectivity index (χ3v) is 3.01. The van der Waals surface area contributed by atoms with Gasteiger partial charge in [0.15, 0.2) is 5.11 Å². The predicted octanol–water partition coefficient (Wildman–Crippen LogP) is 1.15. The Labute approximate surface area is 98.8 Å². The minimum atomic E-state index is 0.761. The highest BCUT2D eigenvalue weighted by atomic mass is 32.1. The molecule has 1 fully saturated rings. The van der Waals surface area contributed by atoms with Crippen LogP contribution in [0.1, 0.15) is 20.8 Å². The number of hydrogen-bond donors (Lipinski definition) is 1. The van der Waals surface area contributed by atoms with Gasteiger partial charge in [-0.3, -0.25) is 4.90 Å². The van der Waals surface area contributed by atoms with E-state index in [1.54, 1.807) is 0 Å². The minimum absolute atomic E-state index is 0.761. The largest absolute Gasteiger partial charge is 0.363 e. The molecule has 0 amide bonds. The van der Waals surface area contributed by atoms with Crippen molar-refractivity contribution in [1.82, 2.24) is 15.1 Å². The van der Waals surface area contributed by atoms with Crippen LogP contribution in [-0.4, -0.2) is 54.2 Å². The average Bonchev–Trinajstić information content (AvgIpc) is 2.18. The van der Waals surface area contributed by atoms with Crippen molar-refractivity contribution < 1.29 is 0 Å². The molecule has 3 nitrogen and oxygen atoms in total. The summed E-state index contributed by atoms with van der Waals surface area (Å²) >= 11 is 5.30. The maximum absolute atomic E-state index is 5.30. The lowest BCUT2D eigenvalue weighted by atomic mass is 10.2. The zero-order valence-electron chi connectivity index (χ0n) is 10.1. The van der Waals surface area contributed by atoms with Crippen molar-refractivity contribution >= 4 is 17.3 Å². The third-order valence-electron chi connectivity index (χ3n) is 2.61. The van der Waals surface area contributed by atoms with Crippen molar-refractivity contribution in [3.05, 3.63) is 0 Å². The molecular weight excluding hydrogens is 206 g/mol. The van der Waals surface area contributed by atoms with E-state index in [1.165, 1.54) is 6.54 Å². The molecule has 15 heavy (non-hydrogen) atoms. The Morgan fingerprint density at radius 3 is 2.33 bits per heavy atom. The Morgan fingerprint density at radius 1 is 1.27 bits per heavy atom. The Hall–Kier alpha value is -0.350. The van der Waals surface area contributed by atoms with Gasteiger partial charge in [-0.2, -0.15) is 0 Å². The van der Waals surface area contributed by atoms with Crippen LogP contribution in [0, 0.1) is 5.92 Å². The molecule has 0 aromatic rings. The molecule has 1 rings (SSSR count). The number of rotatable bonds is 3. The zero-order valence-corrected chi connectivity index (χ0v) is 10.9. The average molecular weight is 229 g/mol. The van der Waals surface area contributed by atoms with E-state index in [0.29, 0.717) is 0 Å². The van der Waals surface area contributed by atoms with Gasteiger partial charge in [0.1, 0.15) is 0 Å². The molecule has 1 heterocycles. The molecule has 0 bridgehead atoms. The summed E-state index contributed by atoms with van der Waals surface area (Å²) in [4.78, 5) is 4.80. The molecule has 1 N–H and O–H groups in total. The van der Waals surface area contributed by atoms with Gasteiger partial charge in [0, 0.05) is 39.3 Å². The van der Waals surface area contributed by atoms with Crippen molar-refractivity contribution in [2.45, 2.75) is 20.8 Å².